The number of benzene rings is 1. The number of guanidine groups is 1. The number of nitrogens with zero attached hydrogens (tertiary/aromatic N) is 2. The maximum absolute atomic E-state index is 6.29. The number of hydrogen-bond acceptors (Lipinski definition) is 4. The van der Waals surface area contributed by atoms with Crippen LogP contribution in [0.2, 0.25) is 5.02 Å². The number of ether oxygens (including phenoxy) is 2. The summed E-state index contributed by atoms with van der Waals surface area (Å²) in [4.78, 5) is 6.93. The first-order valence-electron chi connectivity index (χ1n) is 10.6. The third-order valence-electron chi connectivity index (χ3n) is 6.26. The minimum atomic E-state index is 0. The number of rotatable bonds is 6. The van der Waals surface area contributed by atoms with Crippen molar-refractivity contribution in [3.05, 3.63) is 34.9 Å². The fraction of sp³-hybridized carbons (Fsp3) is 0.682. The maximum atomic E-state index is 6.29. The first kappa shape index (κ1) is 25.6. The van der Waals surface area contributed by atoms with Crippen LogP contribution in [0.4, 0.5) is 0 Å². The molecule has 0 aliphatic carbocycles. The van der Waals surface area contributed by atoms with Crippen molar-refractivity contribution in [2.24, 2.45) is 4.99 Å². The zero-order chi connectivity index (χ0) is 20.7. The highest BCUT2D eigenvalue weighted by Gasteiger charge is 2.35. The van der Waals surface area contributed by atoms with E-state index >= 15 is 0 Å². The zero-order valence-corrected chi connectivity index (χ0v) is 21.5. The molecule has 0 unspecified atom stereocenters. The molecule has 0 spiro atoms. The lowest BCUT2D eigenvalue weighted by Crippen LogP contribution is -2.57. The molecule has 30 heavy (non-hydrogen) atoms. The molecule has 2 heterocycles. The summed E-state index contributed by atoms with van der Waals surface area (Å²) in [6.45, 7) is 11.2. The van der Waals surface area contributed by atoms with Gasteiger partial charge >= 0.3 is 0 Å². The second-order valence-electron chi connectivity index (χ2n) is 8.59. The molecular weight excluding hydrogens is 515 g/mol. The molecule has 0 saturated carbocycles. The number of morpholine rings is 1. The zero-order valence-electron chi connectivity index (χ0n) is 18.4. The van der Waals surface area contributed by atoms with E-state index in [0.717, 1.165) is 76.4 Å². The van der Waals surface area contributed by atoms with Gasteiger partial charge in [0, 0.05) is 62.4 Å². The lowest BCUT2D eigenvalue weighted by atomic mass is 9.74. The van der Waals surface area contributed by atoms with Crippen molar-refractivity contribution >= 4 is 41.5 Å². The van der Waals surface area contributed by atoms with Crippen molar-refractivity contribution in [2.75, 3.05) is 59.7 Å². The molecule has 2 fully saturated rings. The summed E-state index contributed by atoms with van der Waals surface area (Å²) in [7, 11) is 1.83. The lowest BCUT2D eigenvalue weighted by Gasteiger charge is -2.41. The van der Waals surface area contributed by atoms with Crippen LogP contribution < -0.4 is 10.6 Å². The molecular formula is C22H36ClIN4O2. The molecule has 6 nitrogen and oxygen atoms in total. The highest BCUT2D eigenvalue weighted by molar-refractivity contribution is 14.0. The summed E-state index contributed by atoms with van der Waals surface area (Å²) >= 11 is 6.29. The molecule has 8 heteroatoms. The normalized spacial score (nSPS) is 20.3. The molecule has 2 aliphatic rings. The molecule has 3 rings (SSSR count). The van der Waals surface area contributed by atoms with Crippen LogP contribution in [0.15, 0.2) is 29.3 Å². The van der Waals surface area contributed by atoms with Gasteiger partial charge in [-0.3, -0.25) is 9.89 Å². The van der Waals surface area contributed by atoms with Gasteiger partial charge in [0.1, 0.15) is 0 Å². The minimum Gasteiger partial charge on any atom is -0.381 e. The van der Waals surface area contributed by atoms with Crippen molar-refractivity contribution < 1.29 is 9.47 Å². The smallest absolute Gasteiger partial charge is 0.191 e. The van der Waals surface area contributed by atoms with Crippen LogP contribution in [0, 0.1) is 0 Å². The monoisotopic (exact) mass is 550 g/mol. The first-order valence-corrected chi connectivity index (χ1v) is 10.9. The van der Waals surface area contributed by atoms with Gasteiger partial charge in [-0.25, -0.2) is 0 Å². The largest absolute Gasteiger partial charge is 0.381 e. The van der Waals surface area contributed by atoms with Gasteiger partial charge in [0.2, 0.25) is 0 Å². The van der Waals surface area contributed by atoms with Gasteiger partial charge in [-0.15, -0.1) is 24.0 Å². The topological polar surface area (TPSA) is 58.1 Å². The van der Waals surface area contributed by atoms with E-state index in [1.54, 1.807) is 0 Å². The van der Waals surface area contributed by atoms with Crippen LogP contribution in [-0.2, 0) is 14.9 Å². The van der Waals surface area contributed by atoms with Crippen molar-refractivity contribution in [2.45, 2.75) is 37.6 Å². The SMILES string of the molecule is CN=C(NCC1(c2cccc(Cl)c2)CCOCC1)NCC(C)(C)N1CCOCC1.I. The average molecular weight is 551 g/mol. The summed E-state index contributed by atoms with van der Waals surface area (Å²) < 4.78 is 11.1. The van der Waals surface area contributed by atoms with Crippen molar-refractivity contribution in [3.8, 4) is 0 Å². The Morgan fingerprint density at radius 1 is 1.13 bits per heavy atom. The van der Waals surface area contributed by atoms with E-state index in [-0.39, 0.29) is 34.9 Å². The molecule has 170 valence electrons. The fourth-order valence-corrected chi connectivity index (χ4v) is 4.39. The minimum absolute atomic E-state index is 0. The second kappa shape index (κ2) is 11.9. The van der Waals surface area contributed by atoms with Gasteiger partial charge in [0.15, 0.2) is 5.96 Å². The predicted molar refractivity (Wildman–Crippen MR) is 134 cm³/mol. The Kier molecular flexibility index (Phi) is 10.1. The van der Waals surface area contributed by atoms with Crippen LogP contribution in [-0.4, -0.2) is 76.1 Å². The van der Waals surface area contributed by atoms with E-state index in [1.165, 1.54) is 5.56 Å². The molecule has 0 amide bonds. The summed E-state index contributed by atoms with van der Waals surface area (Å²) in [5.41, 5.74) is 1.30. The first-order chi connectivity index (χ1) is 14.0. The Labute approximate surface area is 203 Å². The Morgan fingerprint density at radius 3 is 2.43 bits per heavy atom. The van der Waals surface area contributed by atoms with Gasteiger partial charge in [0.25, 0.3) is 0 Å². The van der Waals surface area contributed by atoms with Crippen LogP contribution in [0.1, 0.15) is 32.3 Å². The van der Waals surface area contributed by atoms with E-state index in [9.17, 15) is 0 Å². The maximum Gasteiger partial charge on any atom is 0.191 e. The van der Waals surface area contributed by atoms with E-state index < -0.39 is 0 Å². The molecule has 2 saturated heterocycles. The van der Waals surface area contributed by atoms with E-state index in [0.29, 0.717) is 0 Å². The van der Waals surface area contributed by atoms with Gasteiger partial charge in [0.05, 0.1) is 13.2 Å². The van der Waals surface area contributed by atoms with Gasteiger partial charge in [-0.05, 0) is 44.4 Å². The summed E-state index contributed by atoms with van der Waals surface area (Å²) in [5, 5.41) is 7.88. The Hall–Kier alpha value is -0.610. The third kappa shape index (κ3) is 6.69. The van der Waals surface area contributed by atoms with Crippen LogP contribution in [0.25, 0.3) is 0 Å². The van der Waals surface area contributed by atoms with Gasteiger partial charge in [-0.2, -0.15) is 0 Å². The average Bonchev–Trinajstić information content (AvgIpc) is 2.75. The van der Waals surface area contributed by atoms with Crippen molar-refractivity contribution in [1.82, 2.24) is 15.5 Å². The number of nitrogens with one attached hydrogen (secondary N) is 2. The summed E-state index contributed by atoms with van der Waals surface area (Å²) in [6, 6.07) is 8.23. The summed E-state index contributed by atoms with van der Waals surface area (Å²) in [6.07, 6.45) is 1.94. The number of halogens is 2. The van der Waals surface area contributed by atoms with Crippen molar-refractivity contribution in [1.29, 1.82) is 0 Å². The van der Waals surface area contributed by atoms with E-state index in [1.807, 2.05) is 19.2 Å². The summed E-state index contributed by atoms with van der Waals surface area (Å²) in [5.74, 6) is 0.833. The molecule has 1 aromatic rings. The predicted octanol–water partition coefficient (Wildman–Crippen LogP) is 3.28. The Morgan fingerprint density at radius 2 is 1.80 bits per heavy atom. The van der Waals surface area contributed by atoms with Crippen LogP contribution in [0.3, 0.4) is 0 Å². The Balaban J connectivity index is 0.00000320. The van der Waals surface area contributed by atoms with Crippen molar-refractivity contribution in [3.63, 3.8) is 0 Å². The number of aliphatic imine (C=N–C) groups is 1. The molecule has 2 N–H and O–H groups in total. The van der Waals surface area contributed by atoms with E-state index in [4.69, 9.17) is 21.1 Å². The highest BCUT2D eigenvalue weighted by atomic mass is 127. The van der Waals surface area contributed by atoms with Crippen LogP contribution in [0.5, 0.6) is 0 Å². The molecule has 0 atom stereocenters. The van der Waals surface area contributed by atoms with Gasteiger partial charge in [-0.1, -0.05) is 23.7 Å². The molecule has 0 aromatic heterocycles. The molecule has 2 aliphatic heterocycles. The second-order valence-corrected chi connectivity index (χ2v) is 9.03. The van der Waals surface area contributed by atoms with E-state index in [2.05, 4.69) is 46.5 Å². The highest BCUT2D eigenvalue weighted by Crippen LogP contribution is 2.35. The quantitative estimate of drug-likeness (QED) is 0.324. The standard InChI is InChI=1S/C22H35ClN4O2.HI/c1-21(2,27-9-13-29-14-10-27)16-25-20(24-3)26-17-22(7-11-28-12-8-22)18-5-4-6-19(23)15-18;/h4-6,15H,7-14,16-17H2,1-3H3,(H2,24,25,26);1H. The Bertz CT molecular complexity index is 689. The lowest BCUT2D eigenvalue weighted by molar-refractivity contribution is -0.00835. The fourth-order valence-electron chi connectivity index (χ4n) is 4.20. The molecule has 0 radical (unpaired) electrons. The molecule has 1 aromatic carbocycles. The number of hydrogen-bond donors (Lipinski definition) is 2. The van der Waals surface area contributed by atoms with Gasteiger partial charge < -0.3 is 20.1 Å². The third-order valence-corrected chi connectivity index (χ3v) is 6.50. The van der Waals surface area contributed by atoms with Crippen LogP contribution >= 0.6 is 35.6 Å². The molecule has 0 bridgehead atoms.